The molecule has 1 heterocycles. The fourth-order valence-corrected chi connectivity index (χ4v) is 1.35. The van der Waals surface area contributed by atoms with Gasteiger partial charge in [-0.3, -0.25) is 4.98 Å². The van der Waals surface area contributed by atoms with E-state index in [9.17, 15) is 13.2 Å². The summed E-state index contributed by atoms with van der Waals surface area (Å²) in [5, 5.41) is 0.265. The number of halogens is 4. The Hall–Kier alpha value is -1.08. The highest BCUT2D eigenvalue weighted by Crippen LogP contribution is 2.27. The van der Waals surface area contributed by atoms with E-state index in [1.807, 2.05) is 0 Å². The minimum absolute atomic E-state index is 0.128. The lowest BCUT2D eigenvalue weighted by molar-refractivity contribution is -0.161. The topological polar surface area (TPSA) is 48.1 Å². The van der Waals surface area contributed by atoms with Crippen LogP contribution in [0.15, 0.2) is 18.5 Å². The Balaban J connectivity index is 2.68. The molecule has 3 nitrogen and oxygen atoms in total. The summed E-state index contributed by atoms with van der Waals surface area (Å²) in [6.07, 6.45) is -1.94. The second kappa shape index (κ2) is 5.50. The number of hydrogen-bond donors (Lipinski definition) is 1. The molecule has 1 aromatic heterocycles. The van der Waals surface area contributed by atoms with Crippen molar-refractivity contribution in [3.8, 4) is 5.75 Å². The molecule has 1 unspecified atom stereocenters. The van der Waals surface area contributed by atoms with Crippen LogP contribution in [0.2, 0.25) is 5.02 Å². The van der Waals surface area contributed by atoms with Gasteiger partial charge in [-0.1, -0.05) is 23.8 Å². The molecule has 17 heavy (non-hydrogen) atoms. The number of pyridine rings is 1. The van der Waals surface area contributed by atoms with Crippen molar-refractivity contribution < 1.29 is 17.9 Å². The van der Waals surface area contributed by atoms with E-state index in [1.54, 1.807) is 0 Å². The van der Waals surface area contributed by atoms with Crippen LogP contribution in [0.4, 0.5) is 13.2 Å². The van der Waals surface area contributed by atoms with Crippen molar-refractivity contribution in [1.82, 2.24) is 4.98 Å². The highest BCUT2D eigenvalue weighted by Gasteiger charge is 2.42. The first kappa shape index (κ1) is 14.0. The standard InChI is InChI=1S/C9H8ClF3N2OS/c10-5-1-6(3-15-2-5)16-4-7(8(14)17)9(11,12)13/h1-3,7H,4H2,(H2,14,17). The molecule has 0 radical (unpaired) electrons. The second-order valence-electron chi connectivity index (χ2n) is 3.15. The summed E-state index contributed by atoms with van der Waals surface area (Å²) in [6.45, 7) is -0.694. The quantitative estimate of drug-likeness (QED) is 0.864. The van der Waals surface area contributed by atoms with E-state index in [0.29, 0.717) is 0 Å². The Bertz CT molecular complexity index is 413. The Morgan fingerprint density at radius 3 is 2.65 bits per heavy atom. The van der Waals surface area contributed by atoms with Crippen molar-refractivity contribution >= 4 is 28.8 Å². The van der Waals surface area contributed by atoms with E-state index in [-0.39, 0.29) is 10.8 Å². The van der Waals surface area contributed by atoms with Crippen LogP contribution in [0.5, 0.6) is 5.75 Å². The van der Waals surface area contributed by atoms with Crippen LogP contribution in [0.25, 0.3) is 0 Å². The number of thiocarbonyl (C=S) groups is 1. The number of rotatable bonds is 4. The van der Waals surface area contributed by atoms with E-state index in [1.165, 1.54) is 18.5 Å². The van der Waals surface area contributed by atoms with Gasteiger partial charge in [-0.05, 0) is 0 Å². The van der Waals surface area contributed by atoms with Gasteiger partial charge in [-0.2, -0.15) is 13.2 Å². The highest BCUT2D eigenvalue weighted by molar-refractivity contribution is 7.80. The lowest BCUT2D eigenvalue weighted by Crippen LogP contribution is -2.38. The molecule has 0 aliphatic carbocycles. The fraction of sp³-hybridized carbons (Fsp3) is 0.333. The van der Waals surface area contributed by atoms with Crippen molar-refractivity contribution in [3.63, 3.8) is 0 Å². The summed E-state index contributed by atoms with van der Waals surface area (Å²) in [5.41, 5.74) is 5.01. The number of alkyl halides is 3. The minimum Gasteiger partial charge on any atom is -0.491 e. The van der Waals surface area contributed by atoms with Gasteiger partial charge in [0.15, 0.2) is 0 Å². The van der Waals surface area contributed by atoms with Crippen LogP contribution in [0.1, 0.15) is 0 Å². The average Bonchev–Trinajstić information content (AvgIpc) is 2.15. The van der Waals surface area contributed by atoms with Gasteiger partial charge < -0.3 is 10.5 Å². The normalized spacial score (nSPS) is 13.2. The van der Waals surface area contributed by atoms with Crippen LogP contribution in [-0.4, -0.2) is 22.8 Å². The number of nitrogens with zero attached hydrogens (tertiary/aromatic N) is 1. The molecule has 8 heteroatoms. The smallest absolute Gasteiger partial charge is 0.401 e. The summed E-state index contributed by atoms with van der Waals surface area (Å²) in [6, 6.07) is 1.35. The zero-order valence-corrected chi connectivity index (χ0v) is 9.94. The number of ether oxygens (including phenoxy) is 1. The lowest BCUT2D eigenvalue weighted by atomic mass is 10.1. The van der Waals surface area contributed by atoms with Crippen molar-refractivity contribution in [1.29, 1.82) is 0 Å². The SMILES string of the molecule is NC(=S)C(COc1cncc(Cl)c1)C(F)(F)F. The van der Waals surface area contributed by atoms with Crippen molar-refractivity contribution in [2.75, 3.05) is 6.61 Å². The van der Waals surface area contributed by atoms with E-state index in [4.69, 9.17) is 22.1 Å². The molecule has 0 aliphatic heterocycles. The first-order valence-corrected chi connectivity index (χ1v) is 5.18. The summed E-state index contributed by atoms with van der Waals surface area (Å²) >= 11 is 9.94. The Morgan fingerprint density at radius 2 is 2.18 bits per heavy atom. The molecule has 0 aliphatic rings. The summed E-state index contributed by atoms with van der Waals surface area (Å²) in [7, 11) is 0. The van der Waals surface area contributed by atoms with Crippen molar-refractivity contribution in [3.05, 3.63) is 23.5 Å². The third-order valence-corrected chi connectivity index (χ3v) is 2.33. The fourth-order valence-electron chi connectivity index (χ4n) is 0.989. The molecule has 94 valence electrons. The highest BCUT2D eigenvalue weighted by atomic mass is 35.5. The summed E-state index contributed by atoms with van der Waals surface area (Å²) < 4.78 is 42.3. The molecule has 1 aromatic rings. The Labute approximate surface area is 106 Å². The van der Waals surface area contributed by atoms with Gasteiger partial charge in [0.05, 0.1) is 16.2 Å². The first-order valence-electron chi connectivity index (χ1n) is 4.40. The maximum absolute atomic E-state index is 12.5. The molecule has 0 spiro atoms. The maximum atomic E-state index is 12.5. The third-order valence-electron chi connectivity index (χ3n) is 1.84. The first-order chi connectivity index (χ1) is 7.80. The molecule has 0 fully saturated rings. The predicted molar refractivity (Wildman–Crippen MR) is 61.1 cm³/mol. The largest absolute Gasteiger partial charge is 0.491 e. The Morgan fingerprint density at radius 1 is 1.53 bits per heavy atom. The van der Waals surface area contributed by atoms with Gasteiger partial charge in [-0.15, -0.1) is 0 Å². The molecule has 0 saturated heterocycles. The molecule has 2 N–H and O–H groups in total. The van der Waals surface area contributed by atoms with Crippen LogP contribution < -0.4 is 10.5 Å². The van der Waals surface area contributed by atoms with Gasteiger partial charge in [0.25, 0.3) is 0 Å². The number of aromatic nitrogens is 1. The van der Waals surface area contributed by atoms with E-state index >= 15 is 0 Å². The zero-order chi connectivity index (χ0) is 13.1. The third kappa shape index (κ3) is 4.35. The Kier molecular flexibility index (Phi) is 4.53. The summed E-state index contributed by atoms with van der Waals surface area (Å²) in [4.78, 5) is 3.01. The van der Waals surface area contributed by atoms with E-state index in [0.717, 1.165) is 0 Å². The molecule has 0 bridgehead atoms. The minimum atomic E-state index is -4.53. The number of hydrogen-bond acceptors (Lipinski definition) is 3. The number of nitrogens with two attached hydrogens (primary N) is 1. The second-order valence-corrected chi connectivity index (χ2v) is 4.05. The maximum Gasteiger partial charge on any atom is 0.401 e. The van der Waals surface area contributed by atoms with E-state index < -0.39 is 23.7 Å². The van der Waals surface area contributed by atoms with Gasteiger partial charge in [0, 0.05) is 12.3 Å². The molecule has 0 aromatic carbocycles. The van der Waals surface area contributed by atoms with Crippen LogP contribution in [0, 0.1) is 5.92 Å². The van der Waals surface area contributed by atoms with Gasteiger partial charge in [0.2, 0.25) is 0 Å². The molecule has 1 atom stereocenters. The molecule has 1 rings (SSSR count). The predicted octanol–water partition coefficient (Wildman–Crippen LogP) is 2.58. The van der Waals surface area contributed by atoms with Crippen molar-refractivity contribution in [2.24, 2.45) is 11.7 Å². The lowest BCUT2D eigenvalue weighted by Gasteiger charge is -2.19. The van der Waals surface area contributed by atoms with Gasteiger partial charge >= 0.3 is 6.18 Å². The van der Waals surface area contributed by atoms with Crippen LogP contribution >= 0.6 is 23.8 Å². The van der Waals surface area contributed by atoms with Gasteiger partial charge in [0.1, 0.15) is 18.3 Å². The molecular formula is C9H8ClF3N2OS. The average molecular weight is 285 g/mol. The van der Waals surface area contributed by atoms with E-state index in [2.05, 4.69) is 17.2 Å². The van der Waals surface area contributed by atoms with Gasteiger partial charge in [-0.25, -0.2) is 0 Å². The molecule has 0 saturated carbocycles. The van der Waals surface area contributed by atoms with Crippen LogP contribution in [0.3, 0.4) is 0 Å². The van der Waals surface area contributed by atoms with Crippen LogP contribution in [-0.2, 0) is 0 Å². The summed E-state index contributed by atoms with van der Waals surface area (Å²) in [5.74, 6) is -1.86. The monoisotopic (exact) mass is 284 g/mol. The zero-order valence-electron chi connectivity index (χ0n) is 8.37. The molecular weight excluding hydrogens is 277 g/mol. The van der Waals surface area contributed by atoms with Crippen molar-refractivity contribution in [2.45, 2.75) is 6.18 Å². The molecule has 0 amide bonds.